The van der Waals surface area contributed by atoms with E-state index in [-0.39, 0.29) is 0 Å². The van der Waals surface area contributed by atoms with Gasteiger partial charge in [0.2, 0.25) is 0 Å². The van der Waals surface area contributed by atoms with Crippen molar-refractivity contribution in [3.05, 3.63) is 27.5 Å². The molecule has 0 aliphatic carbocycles. The number of nitrogens with zero attached hydrogens (tertiary/aromatic N) is 4. The first-order valence-electron chi connectivity index (χ1n) is 3.85. The van der Waals surface area contributed by atoms with Gasteiger partial charge in [0.1, 0.15) is 14.9 Å². The second-order valence-electron chi connectivity index (χ2n) is 2.71. The molecule has 0 saturated carbocycles. The molecule has 0 unspecified atom stereocenters. The van der Waals surface area contributed by atoms with E-state index in [1.165, 1.54) is 0 Å². The van der Waals surface area contributed by atoms with E-state index >= 15 is 0 Å². The summed E-state index contributed by atoms with van der Waals surface area (Å²) in [4.78, 5) is 8.43. The molecule has 2 rings (SSSR count). The highest BCUT2D eigenvalue weighted by Crippen LogP contribution is 2.19. The maximum Gasteiger partial charge on any atom is 0.182 e. The van der Waals surface area contributed by atoms with Crippen LogP contribution >= 0.6 is 31.9 Å². The van der Waals surface area contributed by atoms with Crippen LogP contribution in [-0.4, -0.2) is 19.7 Å². The van der Waals surface area contributed by atoms with Crippen molar-refractivity contribution in [2.45, 2.75) is 0 Å². The van der Waals surface area contributed by atoms with E-state index < -0.39 is 0 Å². The Morgan fingerprint density at radius 2 is 1.86 bits per heavy atom. The first-order chi connectivity index (χ1) is 6.65. The van der Waals surface area contributed by atoms with E-state index in [0.717, 1.165) is 14.9 Å². The van der Waals surface area contributed by atoms with Crippen molar-refractivity contribution in [2.24, 2.45) is 7.05 Å². The first-order valence-corrected chi connectivity index (χ1v) is 5.44. The van der Waals surface area contributed by atoms with Crippen LogP contribution in [-0.2, 0) is 7.05 Å². The predicted molar refractivity (Wildman–Crippen MR) is 59.6 cm³/mol. The molecule has 0 radical (unpaired) electrons. The number of aryl methyl sites for hydroxylation is 1. The second-order valence-corrected chi connectivity index (χ2v) is 4.34. The summed E-state index contributed by atoms with van der Waals surface area (Å²) in [5.74, 6) is 0.604. The molecule has 0 aliphatic rings. The third kappa shape index (κ3) is 2.01. The predicted octanol–water partition coefficient (Wildman–Crippen LogP) is 2.40. The molecule has 0 aromatic carbocycles. The van der Waals surface area contributed by atoms with Gasteiger partial charge in [-0.25, -0.2) is 9.97 Å². The average molecular weight is 318 g/mol. The minimum atomic E-state index is 0.604. The lowest BCUT2D eigenvalue weighted by molar-refractivity contribution is 0.768. The summed E-state index contributed by atoms with van der Waals surface area (Å²) in [5, 5.41) is 4.21. The Hall–Kier alpha value is -0.750. The molecule has 0 bridgehead atoms. The lowest BCUT2D eigenvalue weighted by atomic mass is 10.4. The van der Waals surface area contributed by atoms with Crippen LogP contribution in [0.1, 0.15) is 0 Å². The Labute approximate surface area is 97.6 Å². The molecule has 0 saturated heterocycles. The summed E-state index contributed by atoms with van der Waals surface area (Å²) < 4.78 is 3.19. The molecular weight excluding hydrogens is 312 g/mol. The summed E-state index contributed by atoms with van der Waals surface area (Å²) in [7, 11) is 1.86. The van der Waals surface area contributed by atoms with Crippen LogP contribution < -0.4 is 0 Å². The van der Waals surface area contributed by atoms with Gasteiger partial charge in [0, 0.05) is 19.3 Å². The van der Waals surface area contributed by atoms with Crippen molar-refractivity contribution in [2.75, 3.05) is 0 Å². The van der Waals surface area contributed by atoms with Gasteiger partial charge in [-0.1, -0.05) is 0 Å². The molecule has 0 atom stereocenters. The van der Waals surface area contributed by atoms with Gasteiger partial charge < -0.3 is 0 Å². The van der Waals surface area contributed by atoms with Crippen molar-refractivity contribution in [3.63, 3.8) is 0 Å². The van der Waals surface area contributed by atoms with Gasteiger partial charge in [0.05, 0.1) is 0 Å². The van der Waals surface area contributed by atoms with Gasteiger partial charge in [-0.15, -0.1) is 0 Å². The molecule has 0 amide bonds. The van der Waals surface area contributed by atoms with E-state index in [9.17, 15) is 0 Å². The van der Waals surface area contributed by atoms with Gasteiger partial charge >= 0.3 is 0 Å². The van der Waals surface area contributed by atoms with Crippen LogP contribution in [0.2, 0.25) is 0 Å². The highest BCUT2D eigenvalue weighted by molar-refractivity contribution is 9.11. The first kappa shape index (κ1) is 9.79. The number of hydrogen-bond acceptors (Lipinski definition) is 3. The van der Waals surface area contributed by atoms with Crippen LogP contribution in [0.3, 0.4) is 0 Å². The molecule has 2 aromatic rings. The smallest absolute Gasteiger partial charge is 0.182 e. The molecular formula is C8H6Br2N4. The van der Waals surface area contributed by atoms with Crippen LogP contribution in [0.15, 0.2) is 27.5 Å². The Bertz CT molecular complexity index is 446. The Kier molecular flexibility index (Phi) is 2.64. The maximum absolute atomic E-state index is 4.22. The number of aromatic nitrogens is 4. The van der Waals surface area contributed by atoms with Crippen LogP contribution in [0.25, 0.3) is 11.5 Å². The van der Waals surface area contributed by atoms with E-state index in [4.69, 9.17) is 0 Å². The van der Waals surface area contributed by atoms with Crippen molar-refractivity contribution >= 4 is 31.9 Å². The Morgan fingerprint density at radius 3 is 2.36 bits per heavy atom. The van der Waals surface area contributed by atoms with Gasteiger partial charge in [0.25, 0.3) is 0 Å². The molecule has 0 N–H and O–H groups in total. The zero-order valence-corrected chi connectivity index (χ0v) is 10.4. The fourth-order valence-electron chi connectivity index (χ4n) is 1.04. The molecule has 4 nitrogen and oxygen atoms in total. The Balaban J connectivity index is 2.51. The summed E-state index contributed by atoms with van der Waals surface area (Å²) in [5.41, 5.74) is 0.759. The summed E-state index contributed by atoms with van der Waals surface area (Å²) in [6.45, 7) is 0. The van der Waals surface area contributed by atoms with E-state index in [1.807, 2.05) is 19.3 Å². The van der Waals surface area contributed by atoms with Gasteiger partial charge in [-0.3, -0.25) is 4.68 Å². The number of hydrogen-bond donors (Lipinski definition) is 0. The molecule has 0 fully saturated rings. The largest absolute Gasteiger partial charge is 0.275 e. The molecule has 14 heavy (non-hydrogen) atoms. The van der Waals surface area contributed by atoms with Crippen molar-refractivity contribution in [3.8, 4) is 11.5 Å². The molecule has 2 aromatic heterocycles. The summed E-state index contributed by atoms with van der Waals surface area (Å²) >= 11 is 6.60. The SMILES string of the molecule is Cn1ccc(-c2nc(Br)cc(Br)n2)n1. The van der Waals surface area contributed by atoms with Crippen molar-refractivity contribution < 1.29 is 0 Å². The lowest BCUT2D eigenvalue weighted by Gasteiger charge is -1.97. The van der Waals surface area contributed by atoms with Gasteiger partial charge in [-0.2, -0.15) is 5.10 Å². The van der Waals surface area contributed by atoms with Crippen molar-refractivity contribution in [1.29, 1.82) is 0 Å². The van der Waals surface area contributed by atoms with E-state index in [1.54, 1.807) is 10.7 Å². The molecule has 0 aliphatic heterocycles. The van der Waals surface area contributed by atoms with Gasteiger partial charge in [0.15, 0.2) is 5.82 Å². The van der Waals surface area contributed by atoms with Crippen LogP contribution in [0.5, 0.6) is 0 Å². The van der Waals surface area contributed by atoms with Crippen LogP contribution in [0.4, 0.5) is 0 Å². The zero-order valence-electron chi connectivity index (χ0n) is 7.28. The molecule has 6 heteroatoms. The van der Waals surface area contributed by atoms with E-state index in [2.05, 4.69) is 46.9 Å². The number of rotatable bonds is 1. The van der Waals surface area contributed by atoms with E-state index in [0.29, 0.717) is 5.82 Å². The molecule has 72 valence electrons. The lowest BCUT2D eigenvalue weighted by Crippen LogP contribution is -1.93. The topological polar surface area (TPSA) is 43.6 Å². The molecule has 2 heterocycles. The van der Waals surface area contributed by atoms with Crippen molar-refractivity contribution in [1.82, 2.24) is 19.7 Å². The summed E-state index contributed by atoms with van der Waals surface area (Å²) in [6.07, 6.45) is 1.85. The van der Waals surface area contributed by atoms with Crippen LogP contribution in [0, 0.1) is 0 Å². The fourth-order valence-corrected chi connectivity index (χ4v) is 2.12. The third-order valence-corrected chi connectivity index (χ3v) is 2.42. The van der Waals surface area contributed by atoms with Gasteiger partial charge in [-0.05, 0) is 37.9 Å². The molecule has 0 spiro atoms. The third-order valence-electron chi connectivity index (χ3n) is 1.61. The minimum Gasteiger partial charge on any atom is -0.275 e. The Morgan fingerprint density at radius 1 is 1.21 bits per heavy atom. The maximum atomic E-state index is 4.22. The highest BCUT2D eigenvalue weighted by atomic mass is 79.9. The highest BCUT2D eigenvalue weighted by Gasteiger charge is 2.06. The minimum absolute atomic E-state index is 0.604. The monoisotopic (exact) mass is 316 g/mol. The second kappa shape index (κ2) is 3.78. The normalized spacial score (nSPS) is 10.5. The average Bonchev–Trinajstić information content (AvgIpc) is 2.50. The standard InChI is InChI=1S/C8H6Br2N4/c1-14-3-2-5(13-14)8-11-6(9)4-7(10)12-8/h2-4H,1H3. The summed E-state index contributed by atoms with van der Waals surface area (Å²) in [6, 6.07) is 3.65. The zero-order chi connectivity index (χ0) is 10.1. The quantitative estimate of drug-likeness (QED) is 0.759. The number of halogens is 2. The fraction of sp³-hybridized carbons (Fsp3) is 0.125.